The Morgan fingerprint density at radius 1 is 1.12 bits per heavy atom. The van der Waals surface area contributed by atoms with E-state index in [0.29, 0.717) is 35.0 Å². The van der Waals surface area contributed by atoms with Crippen LogP contribution in [0.25, 0.3) is 16.8 Å². The van der Waals surface area contributed by atoms with E-state index in [1.807, 2.05) is 25.1 Å². The van der Waals surface area contributed by atoms with E-state index < -0.39 is 12.4 Å². The maximum absolute atomic E-state index is 13.7. The van der Waals surface area contributed by atoms with Crippen LogP contribution >= 0.6 is 0 Å². The summed E-state index contributed by atoms with van der Waals surface area (Å²) in [7, 11) is 0. The van der Waals surface area contributed by atoms with Gasteiger partial charge in [0.15, 0.2) is 5.82 Å². The molecule has 9 heteroatoms. The molecule has 0 amide bonds. The number of hydrogen-bond donors (Lipinski definition) is 1. The highest BCUT2D eigenvalue weighted by molar-refractivity contribution is 5.72. The van der Waals surface area contributed by atoms with Crippen molar-refractivity contribution in [1.29, 1.82) is 0 Å². The number of fused-ring (bicyclic) bond motifs is 1. The van der Waals surface area contributed by atoms with E-state index in [2.05, 4.69) is 21.3 Å². The topological polar surface area (TPSA) is 98.5 Å². The molecule has 0 fully saturated rings. The highest BCUT2D eigenvalue weighted by atomic mass is 19.1. The summed E-state index contributed by atoms with van der Waals surface area (Å²) in [6.07, 6.45) is 3.68. The molecule has 3 heterocycles. The van der Waals surface area contributed by atoms with Crippen molar-refractivity contribution in [2.75, 3.05) is 0 Å². The Balaban J connectivity index is 1.47. The highest BCUT2D eigenvalue weighted by Crippen LogP contribution is 2.25. The van der Waals surface area contributed by atoms with Crippen molar-refractivity contribution in [2.24, 2.45) is 0 Å². The van der Waals surface area contributed by atoms with Crippen LogP contribution in [0, 0.1) is 12.7 Å². The number of aliphatic hydroxyl groups excluding tert-OH is 1. The second kappa shape index (κ2) is 8.44. The Labute approximate surface area is 187 Å². The van der Waals surface area contributed by atoms with Crippen LogP contribution in [0.1, 0.15) is 28.4 Å². The van der Waals surface area contributed by atoms with Crippen molar-refractivity contribution >= 4 is 5.52 Å². The van der Waals surface area contributed by atoms with E-state index in [9.17, 15) is 14.3 Å². The van der Waals surface area contributed by atoms with E-state index in [4.69, 9.17) is 4.52 Å². The number of benzene rings is 2. The predicted octanol–water partition coefficient (Wildman–Crippen LogP) is 3.12. The molecule has 0 aliphatic carbocycles. The largest absolute Gasteiger partial charge is 0.392 e. The van der Waals surface area contributed by atoms with Gasteiger partial charge in [0.1, 0.15) is 17.9 Å². The first-order valence-electron chi connectivity index (χ1n) is 10.4. The van der Waals surface area contributed by atoms with E-state index in [1.165, 1.54) is 21.2 Å². The Hall–Kier alpha value is -4.11. The minimum absolute atomic E-state index is 0.0709. The van der Waals surface area contributed by atoms with Crippen LogP contribution in [0.15, 0.2) is 70.2 Å². The Morgan fingerprint density at radius 3 is 2.76 bits per heavy atom. The van der Waals surface area contributed by atoms with Crippen molar-refractivity contribution < 1.29 is 14.0 Å². The molecule has 0 aliphatic rings. The van der Waals surface area contributed by atoms with Crippen molar-refractivity contribution in [3.8, 4) is 11.3 Å². The Morgan fingerprint density at radius 2 is 1.97 bits per heavy atom. The second-order valence-electron chi connectivity index (χ2n) is 7.79. The van der Waals surface area contributed by atoms with Gasteiger partial charge in [0.25, 0.3) is 5.56 Å². The number of aliphatic hydroxyl groups is 1. The fraction of sp³-hybridized carbons (Fsp3) is 0.167. The normalized spacial score (nSPS) is 11.4. The first-order chi connectivity index (χ1) is 16.0. The number of aryl methyl sites for hydroxylation is 1. The quantitative estimate of drug-likeness (QED) is 0.431. The Kier molecular flexibility index (Phi) is 5.31. The first kappa shape index (κ1) is 20.8. The molecule has 0 unspecified atom stereocenters. The maximum Gasteiger partial charge on any atom is 0.277 e. The van der Waals surface area contributed by atoms with Crippen molar-refractivity contribution in [3.05, 3.63) is 106 Å². The number of nitrogens with zero attached hydrogens (tertiary/aromatic N) is 5. The van der Waals surface area contributed by atoms with E-state index in [-0.39, 0.29) is 17.6 Å². The highest BCUT2D eigenvalue weighted by Gasteiger charge is 2.19. The van der Waals surface area contributed by atoms with Crippen LogP contribution in [0.4, 0.5) is 4.39 Å². The summed E-state index contributed by atoms with van der Waals surface area (Å²) in [5.41, 5.74) is 3.20. The molecule has 0 aliphatic heterocycles. The zero-order chi connectivity index (χ0) is 22.9. The van der Waals surface area contributed by atoms with Gasteiger partial charge in [-0.2, -0.15) is 10.1 Å². The van der Waals surface area contributed by atoms with Crippen molar-refractivity contribution in [1.82, 2.24) is 24.3 Å². The molecule has 0 saturated heterocycles. The molecule has 1 N–H and O–H groups in total. The molecule has 0 bridgehead atoms. The van der Waals surface area contributed by atoms with Crippen LogP contribution in [-0.4, -0.2) is 29.4 Å². The lowest BCUT2D eigenvalue weighted by atomic mass is 10.1. The zero-order valence-corrected chi connectivity index (χ0v) is 17.8. The van der Waals surface area contributed by atoms with Crippen LogP contribution < -0.4 is 5.56 Å². The third-order valence-electron chi connectivity index (χ3n) is 5.38. The summed E-state index contributed by atoms with van der Waals surface area (Å²) in [5, 5.41) is 18.4. The fourth-order valence-electron chi connectivity index (χ4n) is 3.87. The van der Waals surface area contributed by atoms with Gasteiger partial charge in [0.05, 0.1) is 12.3 Å². The molecule has 0 saturated carbocycles. The molecule has 0 spiro atoms. The fourth-order valence-corrected chi connectivity index (χ4v) is 3.87. The van der Waals surface area contributed by atoms with Gasteiger partial charge in [-0.3, -0.25) is 4.79 Å². The Bertz CT molecular complexity index is 1520. The summed E-state index contributed by atoms with van der Waals surface area (Å²) in [4.78, 5) is 17.6. The average Bonchev–Trinajstić information content (AvgIpc) is 3.40. The molecule has 33 heavy (non-hydrogen) atoms. The molecule has 8 nitrogen and oxygen atoms in total. The van der Waals surface area contributed by atoms with Gasteiger partial charge in [-0.1, -0.05) is 47.1 Å². The molecule has 5 rings (SSSR count). The first-order valence-corrected chi connectivity index (χ1v) is 10.4. The number of rotatable bonds is 6. The SMILES string of the molecule is Cc1cccc(Cc2noc(Cn3ccn4nc(-c5cccc(F)c5)c(CO)c4c3=O)n2)c1. The van der Waals surface area contributed by atoms with Gasteiger partial charge < -0.3 is 14.2 Å². The van der Waals surface area contributed by atoms with Gasteiger partial charge in [-0.25, -0.2) is 8.91 Å². The van der Waals surface area contributed by atoms with Gasteiger partial charge >= 0.3 is 0 Å². The summed E-state index contributed by atoms with van der Waals surface area (Å²) in [6, 6.07) is 13.9. The minimum atomic E-state index is -0.427. The van der Waals surface area contributed by atoms with Crippen LogP contribution in [0.3, 0.4) is 0 Å². The molecular weight excluding hydrogens is 425 g/mol. The molecule has 5 aromatic rings. The third kappa shape index (κ3) is 4.06. The number of hydrogen-bond acceptors (Lipinski definition) is 6. The van der Waals surface area contributed by atoms with E-state index in [0.717, 1.165) is 11.1 Å². The van der Waals surface area contributed by atoms with E-state index in [1.54, 1.807) is 24.5 Å². The standard InChI is InChI=1S/C24H20FN5O3/c1-15-4-2-5-16(10-15)11-20-26-21(33-28-20)13-29-8-9-30-23(24(29)32)19(14-31)22(27-30)17-6-3-7-18(25)12-17/h2-10,12,31H,11,13-14H2,1H3. The number of aromatic nitrogens is 5. The summed E-state index contributed by atoms with van der Waals surface area (Å²) < 4.78 is 21.9. The molecule has 2 aromatic carbocycles. The van der Waals surface area contributed by atoms with Gasteiger partial charge in [0.2, 0.25) is 5.89 Å². The smallest absolute Gasteiger partial charge is 0.277 e. The van der Waals surface area contributed by atoms with Crippen LogP contribution in [0.5, 0.6) is 0 Å². The van der Waals surface area contributed by atoms with Gasteiger partial charge in [-0.05, 0) is 24.6 Å². The van der Waals surface area contributed by atoms with Crippen LogP contribution in [0.2, 0.25) is 0 Å². The van der Waals surface area contributed by atoms with Crippen LogP contribution in [-0.2, 0) is 19.6 Å². The second-order valence-corrected chi connectivity index (χ2v) is 7.79. The third-order valence-corrected chi connectivity index (χ3v) is 5.38. The molecule has 0 radical (unpaired) electrons. The number of halogens is 1. The molecule has 166 valence electrons. The van der Waals surface area contributed by atoms with Gasteiger partial charge in [-0.15, -0.1) is 0 Å². The average molecular weight is 445 g/mol. The molecule has 0 atom stereocenters. The lowest BCUT2D eigenvalue weighted by Crippen LogP contribution is -2.22. The minimum Gasteiger partial charge on any atom is -0.392 e. The van der Waals surface area contributed by atoms with Gasteiger partial charge in [0, 0.05) is 29.9 Å². The lowest BCUT2D eigenvalue weighted by molar-refractivity contribution is 0.283. The molecular formula is C24H20FN5O3. The lowest BCUT2D eigenvalue weighted by Gasteiger charge is -2.03. The maximum atomic E-state index is 13.7. The van der Waals surface area contributed by atoms with Crippen molar-refractivity contribution in [3.63, 3.8) is 0 Å². The summed E-state index contributed by atoms with van der Waals surface area (Å²) in [5.74, 6) is 0.391. The van der Waals surface area contributed by atoms with E-state index >= 15 is 0 Å². The monoisotopic (exact) mass is 445 g/mol. The summed E-state index contributed by atoms with van der Waals surface area (Å²) in [6.45, 7) is 1.67. The molecule has 3 aromatic heterocycles. The summed E-state index contributed by atoms with van der Waals surface area (Å²) >= 11 is 0. The predicted molar refractivity (Wildman–Crippen MR) is 118 cm³/mol. The zero-order valence-electron chi connectivity index (χ0n) is 17.8. The van der Waals surface area contributed by atoms with Crippen molar-refractivity contribution in [2.45, 2.75) is 26.5 Å².